The van der Waals surface area contributed by atoms with Crippen LogP contribution in [-0.4, -0.2) is 24.5 Å². The molecule has 0 aliphatic rings. The number of carboxylic acids is 1. The van der Waals surface area contributed by atoms with Gasteiger partial charge in [-0.3, -0.25) is 0 Å². The van der Waals surface area contributed by atoms with E-state index in [4.69, 9.17) is 27.9 Å². The van der Waals surface area contributed by atoms with Crippen LogP contribution in [0.1, 0.15) is 16.1 Å². The van der Waals surface area contributed by atoms with Crippen molar-refractivity contribution in [2.75, 3.05) is 0 Å². The van der Waals surface area contributed by atoms with Crippen LogP contribution in [0.4, 0.5) is 0 Å². The number of carbonyl (C=O) groups is 1. The van der Waals surface area contributed by atoms with Gasteiger partial charge < -0.3 is 14.8 Å². The molecule has 0 spiro atoms. The van der Waals surface area contributed by atoms with Gasteiger partial charge in [-0.05, 0) is 53.6 Å². The maximum absolute atomic E-state index is 13.7. The highest BCUT2D eigenvalue weighted by molar-refractivity contribution is 7.91. The molecular weight excluding hydrogens is 533 g/mol. The third-order valence-corrected chi connectivity index (χ3v) is 8.48. The summed E-state index contributed by atoms with van der Waals surface area (Å²) >= 11 is 12.4. The van der Waals surface area contributed by atoms with Crippen molar-refractivity contribution in [2.24, 2.45) is 0 Å². The monoisotopic (exact) mass is 551 g/mol. The first-order valence-corrected chi connectivity index (χ1v) is 13.3. The number of benzene rings is 4. The van der Waals surface area contributed by atoms with Gasteiger partial charge in [0.25, 0.3) is 0 Å². The summed E-state index contributed by atoms with van der Waals surface area (Å²) in [6.07, 6.45) is 0. The van der Waals surface area contributed by atoms with E-state index in [2.05, 4.69) is 4.98 Å². The van der Waals surface area contributed by atoms with Gasteiger partial charge >= 0.3 is 5.97 Å². The average Bonchev–Trinajstić information content (AvgIpc) is 3.29. The molecule has 186 valence electrons. The van der Waals surface area contributed by atoms with Gasteiger partial charge in [-0.1, -0.05) is 71.7 Å². The Morgan fingerprint density at radius 1 is 0.838 bits per heavy atom. The van der Waals surface area contributed by atoms with Gasteiger partial charge in [0.2, 0.25) is 9.84 Å². The second-order valence-corrected chi connectivity index (χ2v) is 10.9. The van der Waals surface area contributed by atoms with E-state index in [-0.39, 0.29) is 21.8 Å². The lowest BCUT2D eigenvalue weighted by atomic mass is 10.1. The lowest BCUT2D eigenvalue weighted by Crippen LogP contribution is -2.08. The van der Waals surface area contributed by atoms with Crippen LogP contribution in [0, 0.1) is 0 Å². The van der Waals surface area contributed by atoms with Crippen LogP contribution in [0.2, 0.25) is 10.0 Å². The largest absolute Gasteiger partial charge is 0.489 e. The summed E-state index contributed by atoms with van der Waals surface area (Å²) in [5.41, 5.74) is 2.28. The molecule has 6 nitrogen and oxygen atoms in total. The van der Waals surface area contributed by atoms with Gasteiger partial charge in [-0.25, -0.2) is 13.2 Å². The SMILES string of the molecule is O=C(O)c1[nH]c2ccc(OCc3c(Cl)cccc3Cl)cc2c1S(=O)(=O)c1ccc(-c2ccccc2)cc1. The van der Waals surface area contributed by atoms with Gasteiger partial charge in [-0.15, -0.1) is 0 Å². The lowest BCUT2D eigenvalue weighted by molar-refractivity contribution is 0.0687. The fourth-order valence-corrected chi connectivity index (χ4v) is 6.17. The van der Waals surface area contributed by atoms with Crippen molar-refractivity contribution in [3.8, 4) is 16.9 Å². The van der Waals surface area contributed by atoms with E-state index in [1.165, 1.54) is 18.2 Å². The molecule has 4 aromatic carbocycles. The maximum atomic E-state index is 13.7. The zero-order valence-electron chi connectivity index (χ0n) is 19.1. The number of carboxylic acid groups (broad SMARTS) is 1. The minimum atomic E-state index is -4.20. The third-order valence-electron chi connectivity index (χ3n) is 5.92. The summed E-state index contributed by atoms with van der Waals surface area (Å²) in [5, 5.41) is 10.9. The number of nitrogens with one attached hydrogen (secondary N) is 1. The molecule has 0 aliphatic carbocycles. The zero-order valence-corrected chi connectivity index (χ0v) is 21.4. The molecule has 0 aliphatic heterocycles. The van der Waals surface area contributed by atoms with E-state index in [0.29, 0.717) is 26.9 Å². The second kappa shape index (κ2) is 9.94. The first kappa shape index (κ1) is 24.9. The zero-order chi connectivity index (χ0) is 26.2. The predicted molar refractivity (Wildman–Crippen MR) is 143 cm³/mol. The molecule has 5 aromatic rings. The van der Waals surface area contributed by atoms with E-state index < -0.39 is 21.5 Å². The summed E-state index contributed by atoms with van der Waals surface area (Å²) < 4.78 is 33.3. The quantitative estimate of drug-likeness (QED) is 0.222. The summed E-state index contributed by atoms with van der Waals surface area (Å²) in [6.45, 7) is 0.0449. The number of aromatic carboxylic acids is 1. The van der Waals surface area contributed by atoms with Gasteiger partial charge in [0, 0.05) is 26.5 Å². The normalized spacial score (nSPS) is 11.5. The number of rotatable bonds is 7. The smallest absolute Gasteiger partial charge is 0.353 e. The number of ether oxygens (including phenoxy) is 1. The van der Waals surface area contributed by atoms with Crippen molar-refractivity contribution in [3.63, 3.8) is 0 Å². The van der Waals surface area contributed by atoms with Crippen LogP contribution in [0.15, 0.2) is 101 Å². The Kier molecular flexibility index (Phi) is 6.69. The number of fused-ring (bicyclic) bond motifs is 1. The van der Waals surface area contributed by atoms with Crippen molar-refractivity contribution < 1.29 is 23.1 Å². The number of aromatic nitrogens is 1. The molecule has 0 atom stereocenters. The number of hydrogen-bond donors (Lipinski definition) is 2. The number of aromatic amines is 1. The van der Waals surface area contributed by atoms with Crippen molar-refractivity contribution >= 4 is 49.9 Å². The molecule has 37 heavy (non-hydrogen) atoms. The van der Waals surface area contributed by atoms with E-state index in [1.54, 1.807) is 42.5 Å². The van der Waals surface area contributed by atoms with E-state index >= 15 is 0 Å². The summed E-state index contributed by atoms with van der Waals surface area (Å²) in [6, 6.07) is 25.6. The van der Waals surface area contributed by atoms with Crippen LogP contribution in [0.5, 0.6) is 5.75 Å². The topological polar surface area (TPSA) is 96.5 Å². The van der Waals surface area contributed by atoms with Gasteiger partial charge in [0.15, 0.2) is 0 Å². The molecule has 0 saturated carbocycles. The Bertz CT molecular complexity index is 1710. The fraction of sp³-hybridized carbons (Fsp3) is 0.0357. The molecule has 1 heterocycles. The predicted octanol–water partition coefficient (Wildman–Crippen LogP) is 7.25. The number of sulfone groups is 1. The Morgan fingerprint density at radius 2 is 1.49 bits per heavy atom. The number of halogens is 2. The molecule has 0 amide bonds. The van der Waals surface area contributed by atoms with E-state index in [0.717, 1.165) is 11.1 Å². The van der Waals surface area contributed by atoms with Crippen LogP contribution in [0.3, 0.4) is 0 Å². The molecule has 0 saturated heterocycles. The molecule has 0 fully saturated rings. The molecule has 9 heteroatoms. The Morgan fingerprint density at radius 3 is 2.14 bits per heavy atom. The Labute approximate surface area is 223 Å². The first-order valence-electron chi connectivity index (χ1n) is 11.1. The number of hydrogen-bond acceptors (Lipinski definition) is 4. The standard InChI is InChI=1S/C28H19Cl2NO5S/c29-23-7-4-8-24(30)22(23)16-36-19-11-14-25-21(15-19)27(26(31-25)28(32)33)37(34,35)20-12-9-18(10-13-20)17-5-2-1-3-6-17/h1-15,31H,16H2,(H,32,33). The number of H-pyrrole nitrogens is 1. The molecular formula is C28H19Cl2NO5S. The first-order chi connectivity index (χ1) is 17.8. The minimum absolute atomic E-state index is 0.0234. The van der Waals surface area contributed by atoms with Gasteiger partial charge in [0.1, 0.15) is 22.9 Å². The maximum Gasteiger partial charge on any atom is 0.353 e. The molecule has 1 aromatic heterocycles. The van der Waals surface area contributed by atoms with Crippen molar-refractivity contribution in [3.05, 3.63) is 112 Å². The third kappa shape index (κ3) is 4.81. The minimum Gasteiger partial charge on any atom is -0.489 e. The molecule has 0 unspecified atom stereocenters. The Hall–Kier alpha value is -3.78. The van der Waals surface area contributed by atoms with Crippen LogP contribution >= 0.6 is 23.2 Å². The van der Waals surface area contributed by atoms with Crippen LogP contribution in [0.25, 0.3) is 22.0 Å². The molecule has 2 N–H and O–H groups in total. The van der Waals surface area contributed by atoms with E-state index in [9.17, 15) is 18.3 Å². The lowest BCUT2D eigenvalue weighted by Gasteiger charge is -2.10. The van der Waals surface area contributed by atoms with Crippen molar-refractivity contribution in [2.45, 2.75) is 16.4 Å². The van der Waals surface area contributed by atoms with Gasteiger partial charge in [0.05, 0.1) is 4.90 Å². The highest BCUT2D eigenvalue weighted by atomic mass is 35.5. The average molecular weight is 552 g/mol. The summed E-state index contributed by atoms with van der Waals surface area (Å²) in [4.78, 5) is 14.4. The van der Waals surface area contributed by atoms with Crippen molar-refractivity contribution in [1.29, 1.82) is 0 Å². The van der Waals surface area contributed by atoms with Crippen LogP contribution in [-0.2, 0) is 16.4 Å². The highest BCUT2D eigenvalue weighted by Gasteiger charge is 2.30. The fourth-order valence-electron chi connectivity index (χ4n) is 4.07. The molecule has 0 radical (unpaired) electrons. The van der Waals surface area contributed by atoms with Crippen molar-refractivity contribution in [1.82, 2.24) is 4.98 Å². The summed E-state index contributed by atoms with van der Waals surface area (Å²) in [7, 11) is -4.20. The Balaban J connectivity index is 1.55. The highest BCUT2D eigenvalue weighted by Crippen LogP contribution is 2.35. The molecule has 5 rings (SSSR count). The van der Waals surface area contributed by atoms with E-state index in [1.807, 2.05) is 30.3 Å². The van der Waals surface area contributed by atoms with Crippen LogP contribution < -0.4 is 4.74 Å². The molecule has 0 bridgehead atoms. The second-order valence-electron chi connectivity index (χ2n) is 8.22. The summed E-state index contributed by atoms with van der Waals surface area (Å²) in [5.74, 6) is -1.06. The van der Waals surface area contributed by atoms with Gasteiger partial charge in [-0.2, -0.15) is 0 Å².